The first kappa shape index (κ1) is 20.5. The highest BCUT2D eigenvalue weighted by molar-refractivity contribution is 6.23. The number of rotatable bonds is 4. The number of fused-ring (bicyclic) bond motifs is 9. The van der Waals surface area contributed by atoms with Crippen LogP contribution in [0.4, 0.5) is 5.69 Å². The van der Waals surface area contributed by atoms with Crippen molar-refractivity contribution in [2.75, 3.05) is 19.1 Å². The maximum atomic E-state index is 13.7. The number of ether oxygens (including phenoxy) is 2. The first-order valence-corrected chi connectivity index (χ1v) is 11.9. The number of benzene rings is 3. The molecule has 3 aromatic carbocycles. The molecule has 0 unspecified atom stereocenters. The summed E-state index contributed by atoms with van der Waals surface area (Å²) in [4.78, 5) is 34.7. The molecule has 3 fully saturated rings. The predicted molar refractivity (Wildman–Crippen MR) is 129 cm³/mol. The van der Waals surface area contributed by atoms with Gasteiger partial charge in [-0.05, 0) is 53.4 Å². The van der Waals surface area contributed by atoms with E-state index in [1.807, 2.05) is 60.7 Å². The summed E-state index contributed by atoms with van der Waals surface area (Å²) in [7, 11) is 3.20. The van der Waals surface area contributed by atoms with E-state index in [9.17, 15) is 9.59 Å². The summed E-state index contributed by atoms with van der Waals surface area (Å²) in [5.41, 5.74) is 2.36. The van der Waals surface area contributed by atoms with Crippen molar-refractivity contribution in [1.82, 2.24) is 0 Å². The zero-order valence-electron chi connectivity index (χ0n) is 19.4. The van der Waals surface area contributed by atoms with Crippen LogP contribution in [0.25, 0.3) is 10.8 Å². The Balaban J connectivity index is 1.23. The molecule has 176 valence electrons. The molecule has 2 saturated carbocycles. The number of methoxy groups -OCH3 is 2. The van der Waals surface area contributed by atoms with E-state index in [1.54, 1.807) is 14.2 Å². The van der Waals surface area contributed by atoms with Gasteiger partial charge in [0.15, 0.2) is 11.5 Å². The molecule has 2 bridgehead atoms. The Morgan fingerprint density at radius 1 is 0.829 bits per heavy atom. The second-order valence-electron chi connectivity index (χ2n) is 9.80. The van der Waals surface area contributed by atoms with E-state index < -0.39 is 0 Å². The summed E-state index contributed by atoms with van der Waals surface area (Å²) in [6.07, 6.45) is 0.623. The van der Waals surface area contributed by atoms with Crippen LogP contribution in [-0.2, 0) is 14.4 Å². The van der Waals surface area contributed by atoms with Gasteiger partial charge in [0.05, 0.1) is 37.5 Å². The third-order valence-electron chi connectivity index (χ3n) is 8.36. The molecule has 1 saturated heterocycles. The molecule has 7 nitrogen and oxygen atoms in total. The van der Waals surface area contributed by atoms with Gasteiger partial charge >= 0.3 is 0 Å². The number of carbonyl (C=O) groups excluding carboxylic acids is 2. The van der Waals surface area contributed by atoms with Crippen LogP contribution in [0.5, 0.6) is 11.5 Å². The topological polar surface area (TPSA) is 77.4 Å². The molecule has 4 aliphatic rings. The van der Waals surface area contributed by atoms with Gasteiger partial charge < -0.3 is 14.3 Å². The summed E-state index contributed by atoms with van der Waals surface area (Å²) in [6, 6.07) is 19.4. The van der Waals surface area contributed by atoms with Crippen LogP contribution in [0.3, 0.4) is 0 Å². The average Bonchev–Trinajstić information content (AvgIpc) is 3.63. The molecule has 2 amide bonds. The third-order valence-corrected chi connectivity index (χ3v) is 8.36. The molecule has 7 rings (SSSR count). The average molecular weight is 469 g/mol. The van der Waals surface area contributed by atoms with Crippen molar-refractivity contribution in [3.8, 4) is 11.5 Å². The Kier molecular flexibility index (Phi) is 4.28. The molecule has 3 aromatic rings. The Bertz CT molecular complexity index is 1430. The molecule has 7 heteroatoms. The maximum Gasteiger partial charge on any atom is 0.238 e. The number of oxime groups is 1. The quantitative estimate of drug-likeness (QED) is 0.541. The van der Waals surface area contributed by atoms with Crippen molar-refractivity contribution in [2.45, 2.75) is 12.5 Å². The van der Waals surface area contributed by atoms with Crippen molar-refractivity contribution < 1.29 is 23.9 Å². The van der Waals surface area contributed by atoms with E-state index in [4.69, 9.17) is 14.3 Å². The third kappa shape index (κ3) is 2.69. The number of imide groups is 1. The van der Waals surface area contributed by atoms with Gasteiger partial charge in [-0.25, -0.2) is 0 Å². The molecule has 35 heavy (non-hydrogen) atoms. The van der Waals surface area contributed by atoms with E-state index in [0.717, 1.165) is 28.5 Å². The van der Waals surface area contributed by atoms with Gasteiger partial charge in [-0.15, -0.1) is 0 Å². The second kappa shape index (κ2) is 7.31. The Hall–Kier alpha value is -3.87. The van der Waals surface area contributed by atoms with E-state index in [-0.39, 0.29) is 47.5 Å². The lowest BCUT2D eigenvalue weighted by atomic mass is 9.71. The van der Waals surface area contributed by atoms with Gasteiger partial charge in [-0.3, -0.25) is 14.5 Å². The zero-order valence-corrected chi connectivity index (χ0v) is 19.4. The minimum atomic E-state index is -0.347. The van der Waals surface area contributed by atoms with Gasteiger partial charge in [0.1, 0.15) is 6.10 Å². The molecule has 6 atom stereocenters. The lowest BCUT2D eigenvalue weighted by Gasteiger charge is -2.29. The van der Waals surface area contributed by atoms with E-state index >= 15 is 0 Å². The standard InChI is InChI=1S/C28H24N2O5/c1-33-20-10-8-16(12-21(20)34-2)25-24-18-13-19(26(24)35-29-25)23-22(18)27(31)30(28(23)32)17-9-7-14-5-3-4-6-15(14)11-17/h3-12,18-19,22-24,26H,13H2,1-2H3/t18-,19+,22-,23-,24-,26-/m1/s1. The summed E-state index contributed by atoms with van der Waals surface area (Å²) in [5, 5.41) is 6.52. The van der Waals surface area contributed by atoms with Crippen molar-refractivity contribution in [3.63, 3.8) is 0 Å². The number of nitrogens with zero attached hydrogens (tertiary/aromatic N) is 2. The van der Waals surface area contributed by atoms with Gasteiger partial charge in [0, 0.05) is 17.4 Å². The van der Waals surface area contributed by atoms with Crippen molar-refractivity contribution in [1.29, 1.82) is 0 Å². The van der Waals surface area contributed by atoms with E-state index in [2.05, 4.69) is 5.16 Å². The molecule has 2 aliphatic carbocycles. The maximum absolute atomic E-state index is 13.7. The lowest BCUT2D eigenvalue weighted by molar-refractivity contribution is -0.125. The second-order valence-corrected chi connectivity index (χ2v) is 9.80. The summed E-state index contributed by atoms with van der Waals surface area (Å²) >= 11 is 0. The van der Waals surface area contributed by atoms with Crippen molar-refractivity contribution >= 4 is 34.0 Å². The largest absolute Gasteiger partial charge is 0.493 e. The Labute approximate surface area is 202 Å². The lowest BCUT2D eigenvalue weighted by Crippen LogP contribution is -2.41. The van der Waals surface area contributed by atoms with Gasteiger partial charge in [-0.2, -0.15) is 0 Å². The molecule has 0 N–H and O–H groups in total. The van der Waals surface area contributed by atoms with Crippen LogP contribution < -0.4 is 14.4 Å². The Morgan fingerprint density at radius 2 is 1.57 bits per heavy atom. The van der Waals surface area contributed by atoms with E-state index in [0.29, 0.717) is 17.2 Å². The first-order valence-electron chi connectivity index (χ1n) is 11.9. The minimum absolute atomic E-state index is 0.0155. The predicted octanol–water partition coefficient (Wildman–Crippen LogP) is 4.03. The van der Waals surface area contributed by atoms with Crippen LogP contribution in [0.15, 0.2) is 65.8 Å². The summed E-state index contributed by atoms with van der Waals surface area (Å²) in [5.74, 6) is 0.350. The molecule has 2 heterocycles. The first-order chi connectivity index (χ1) is 17.1. The highest BCUT2D eigenvalue weighted by atomic mass is 16.6. The van der Waals surface area contributed by atoms with Crippen LogP contribution in [0, 0.1) is 29.6 Å². The van der Waals surface area contributed by atoms with Crippen LogP contribution in [-0.4, -0.2) is 37.8 Å². The van der Waals surface area contributed by atoms with Crippen LogP contribution >= 0.6 is 0 Å². The summed E-state index contributed by atoms with van der Waals surface area (Å²) < 4.78 is 10.8. The van der Waals surface area contributed by atoms with E-state index in [1.165, 1.54) is 4.90 Å². The van der Waals surface area contributed by atoms with Crippen molar-refractivity contribution in [2.24, 2.45) is 34.7 Å². The monoisotopic (exact) mass is 468 g/mol. The van der Waals surface area contributed by atoms with Gasteiger partial charge in [0.2, 0.25) is 11.8 Å². The molecule has 0 aromatic heterocycles. The molecule has 0 spiro atoms. The zero-order chi connectivity index (χ0) is 23.8. The van der Waals surface area contributed by atoms with Crippen LogP contribution in [0.1, 0.15) is 12.0 Å². The van der Waals surface area contributed by atoms with Crippen molar-refractivity contribution in [3.05, 3.63) is 66.2 Å². The normalized spacial score (nSPS) is 30.3. The number of anilines is 1. The minimum Gasteiger partial charge on any atom is -0.493 e. The molecular weight excluding hydrogens is 444 g/mol. The number of hydrogen-bond donors (Lipinski definition) is 0. The highest BCUT2D eigenvalue weighted by Crippen LogP contribution is 2.62. The fourth-order valence-corrected chi connectivity index (χ4v) is 6.93. The fraction of sp³-hybridized carbons (Fsp3) is 0.321. The molecule has 2 aliphatic heterocycles. The smallest absolute Gasteiger partial charge is 0.238 e. The van der Waals surface area contributed by atoms with Gasteiger partial charge in [0.25, 0.3) is 0 Å². The van der Waals surface area contributed by atoms with Crippen LogP contribution in [0.2, 0.25) is 0 Å². The Morgan fingerprint density at radius 3 is 2.34 bits per heavy atom. The molecular formula is C28H24N2O5. The SMILES string of the molecule is COc1ccc(C2=NO[C@@H]3[C@H]4C[C@H]([C@H]5C(=O)N(c6ccc7ccccc7c6)C(=O)[C@H]45)[C@H]23)cc1OC. The highest BCUT2D eigenvalue weighted by Gasteiger charge is 2.70. The van der Waals surface area contributed by atoms with Gasteiger partial charge in [-0.1, -0.05) is 35.5 Å². The number of hydrogen-bond acceptors (Lipinski definition) is 6. The number of amides is 2. The summed E-state index contributed by atoms with van der Waals surface area (Å²) in [6.45, 7) is 0. The number of carbonyl (C=O) groups is 2. The fourth-order valence-electron chi connectivity index (χ4n) is 6.93. The molecule has 0 radical (unpaired) electrons.